The van der Waals surface area contributed by atoms with Crippen molar-refractivity contribution in [2.45, 2.75) is 53.1 Å². The third kappa shape index (κ3) is 6.53. The van der Waals surface area contributed by atoms with Gasteiger partial charge < -0.3 is 5.32 Å². The van der Waals surface area contributed by atoms with Crippen LogP contribution in [0.5, 0.6) is 0 Å². The van der Waals surface area contributed by atoms with Crippen LogP contribution in [0.3, 0.4) is 0 Å². The van der Waals surface area contributed by atoms with Crippen LogP contribution in [0.25, 0.3) is 0 Å². The lowest BCUT2D eigenvalue weighted by molar-refractivity contribution is 0.162. The van der Waals surface area contributed by atoms with Crippen molar-refractivity contribution in [2.24, 2.45) is 5.41 Å². The third-order valence-corrected chi connectivity index (χ3v) is 3.27. The Morgan fingerprint density at radius 3 is 2.00 bits per heavy atom. The van der Waals surface area contributed by atoms with Gasteiger partial charge in [-0.15, -0.1) is 0 Å². The van der Waals surface area contributed by atoms with E-state index in [1.807, 2.05) is 0 Å². The van der Waals surface area contributed by atoms with Crippen LogP contribution in [0, 0.1) is 5.41 Å². The number of nitrogens with zero attached hydrogens (tertiary/aromatic N) is 1. The lowest BCUT2D eigenvalue weighted by Crippen LogP contribution is -2.44. The molecule has 2 heteroatoms. The molecule has 0 amide bonds. The first-order chi connectivity index (χ1) is 9.08. The molecule has 1 N–H and O–H groups in total. The lowest BCUT2D eigenvalue weighted by Gasteiger charge is -2.35. The van der Waals surface area contributed by atoms with Gasteiger partial charge in [-0.05, 0) is 38.8 Å². The average molecular weight is 276 g/mol. The van der Waals surface area contributed by atoms with Crippen molar-refractivity contribution < 1.29 is 0 Å². The van der Waals surface area contributed by atoms with Crippen LogP contribution in [0.15, 0.2) is 30.3 Å². The molecule has 0 heterocycles. The predicted molar refractivity (Wildman–Crippen MR) is 89.0 cm³/mol. The Morgan fingerprint density at radius 1 is 1.00 bits per heavy atom. The van der Waals surface area contributed by atoms with Gasteiger partial charge in [0.2, 0.25) is 0 Å². The number of hydrogen-bond donors (Lipinski definition) is 1. The van der Waals surface area contributed by atoms with Crippen LogP contribution < -0.4 is 5.32 Å². The second-order valence-electron chi connectivity index (χ2n) is 8.03. The second-order valence-corrected chi connectivity index (χ2v) is 8.03. The summed E-state index contributed by atoms with van der Waals surface area (Å²) in [5.74, 6) is 0. The smallest absolute Gasteiger partial charge is 0.0470 e. The zero-order chi connectivity index (χ0) is 15.4. The van der Waals surface area contributed by atoms with E-state index in [4.69, 9.17) is 0 Å². The second kappa shape index (κ2) is 6.73. The molecule has 0 aliphatic carbocycles. The van der Waals surface area contributed by atoms with Crippen molar-refractivity contribution in [3.8, 4) is 0 Å². The van der Waals surface area contributed by atoms with Crippen molar-refractivity contribution in [2.75, 3.05) is 20.1 Å². The van der Waals surface area contributed by atoms with E-state index in [9.17, 15) is 0 Å². The molecule has 20 heavy (non-hydrogen) atoms. The number of rotatable bonds is 5. The van der Waals surface area contributed by atoms with Crippen LogP contribution in [-0.2, 0) is 0 Å². The first kappa shape index (κ1) is 17.2. The van der Waals surface area contributed by atoms with Gasteiger partial charge in [0.15, 0.2) is 0 Å². The maximum atomic E-state index is 3.65. The fourth-order valence-electron chi connectivity index (χ4n) is 2.46. The summed E-state index contributed by atoms with van der Waals surface area (Å²) in [4.78, 5) is 2.47. The van der Waals surface area contributed by atoms with Crippen molar-refractivity contribution >= 4 is 0 Å². The first-order valence-corrected chi connectivity index (χ1v) is 7.59. The van der Waals surface area contributed by atoms with Crippen molar-refractivity contribution in [1.29, 1.82) is 0 Å². The van der Waals surface area contributed by atoms with E-state index in [0.717, 1.165) is 13.1 Å². The highest BCUT2D eigenvalue weighted by molar-refractivity contribution is 5.19. The van der Waals surface area contributed by atoms with E-state index >= 15 is 0 Å². The Morgan fingerprint density at radius 2 is 1.55 bits per heavy atom. The van der Waals surface area contributed by atoms with E-state index in [1.165, 1.54) is 5.56 Å². The molecular weight excluding hydrogens is 244 g/mol. The molecule has 0 saturated heterocycles. The molecule has 0 aliphatic heterocycles. The Bertz CT molecular complexity index is 384. The van der Waals surface area contributed by atoms with Gasteiger partial charge in [-0.25, -0.2) is 0 Å². The molecule has 0 fully saturated rings. The van der Waals surface area contributed by atoms with Gasteiger partial charge in [-0.3, -0.25) is 4.90 Å². The van der Waals surface area contributed by atoms with Crippen molar-refractivity contribution in [3.63, 3.8) is 0 Å². The van der Waals surface area contributed by atoms with Gasteiger partial charge in [0.1, 0.15) is 0 Å². The van der Waals surface area contributed by atoms with Gasteiger partial charge in [0, 0.05) is 24.7 Å². The molecular formula is C18H32N2. The van der Waals surface area contributed by atoms with Crippen LogP contribution >= 0.6 is 0 Å². The molecule has 0 spiro atoms. The van der Waals surface area contributed by atoms with Gasteiger partial charge in [0.05, 0.1) is 0 Å². The standard InChI is InChI=1S/C18H32N2/c1-17(2,3)14-20(7)16(13-19-18(4,5)6)15-11-9-8-10-12-15/h8-12,16,19H,13-14H2,1-7H3. The summed E-state index contributed by atoms with van der Waals surface area (Å²) in [6.07, 6.45) is 0. The Labute approximate surface area is 125 Å². The molecule has 1 rings (SSSR count). The quantitative estimate of drug-likeness (QED) is 0.871. The van der Waals surface area contributed by atoms with Crippen LogP contribution in [-0.4, -0.2) is 30.6 Å². The third-order valence-electron chi connectivity index (χ3n) is 3.27. The van der Waals surface area contributed by atoms with Gasteiger partial charge in [-0.1, -0.05) is 51.1 Å². The predicted octanol–water partition coefficient (Wildman–Crippen LogP) is 4.09. The lowest BCUT2D eigenvalue weighted by atomic mass is 9.94. The summed E-state index contributed by atoms with van der Waals surface area (Å²) in [5.41, 5.74) is 1.84. The Hall–Kier alpha value is -0.860. The van der Waals surface area contributed by atoms with Gasteiger partial charge in [-0.2, -0.15) is 0 Å². The Kier molecular flexibility index (Phi) is 5.79. The molecule has 0 aliphatic rings. The summed E-state index contributed by atoms with van der Waals surface area (Å²) >= 11 is 0. The molecule has 0 bridgehead atoms. The molecule has 0 saturated carbocycles. The summed E-state index contributed by atoms with van der Waals surface area (Å²) in [5, 5.41) is 3.65. The summed E-state index contributed by atoms with van der Waals surface area (Å²) in [6, 6.07) is 11.2. The average Bonchev–Trinajstić information content (AvgIpc) is 2.26. The monoisotopic (exact) mass is 276 g/mol. The van der Waals surface area contributed by atoms with Crippen molar-refractivity contribution in [1.82, 2.24) is 10.2 Å². The van der Waals surface area contributed by atoms with E-state index in [1.54, 1.807) is 0 Å². The number of benzene rings is 1. The summed E-state index contributed by atoms with van der Waals surface area (Å²) < 4.78 is 0. The molecule has 1 aromatic carbocycles. The normalized spacial score (nSPS) is 14.6. The van der Waals surface area contributed by atoms with E-state index < -0.39 is 0 Å². The highest BCUT2D eigenvalue weighted by Crippen LogP contribution is 2.24. The maximum absolute atomic E-state index is 3.65. The number of likely N-dealkylation sites (N-methyl/N-ethyl adjacent to an activating group) is 1. The summed E-state index contributed by atoms with van der Waals surface area (Å²) in [7, 11) is 2.23. The van der Waals surface area contributed by atoms with Crippen LogP contribution in [0.2, 0.25) is 0 Å². The van der Waals surface area contributed by atoms with E-state index in [2.05, 4.69) is 89.1 Å². The number of hydrogen-bond acceptors (Lipinski definition) is 2. The van der Waals surface area contributed by atoms with E-state index in [-0.39, 0.29) is 5.54 Å². The molecule has 114 valence electrons. The topological polar surface area (TPSA) is 15.3 Å². The SMILES string of the molecule is CN(CC(C)(C)C)C(CNC(C)(C)C)c1ccccc1. The molecule has 2 nitrogen and oxygen atoms in total. The minimum absolute atomic E-state index is 0.148. The minimum atomic E-state index is 0.148. The fourth-order valence-corrected chi connectivity index (χ4v) is 2.46. The highest BCUT2D eigenvalue weighted by atomic mass is 15.2. The number of nitrogens with one attached hydrogen (secondary N) is 1. The minimum Gasteiger partial charge on any atom is -0.310 e. The van der Waals surface area contributed by atoms with E-state index in [0.29, 0.717) is 11.5 Å². The summed E-state index contributed by atoms with van der Waals surface area (Å²) in [6.45, 7) is 15.6. The van der Waals surface area contributed by atoms with Gasteiger partial charge in [0.25, 0.3) is 0 Å². The molecule has 1 aromatic rings. The zero-order valence-electron chi connectivity index (χ0n) is 14.3. The zero-order valence-corrected chi connectivity index (χ0v) is 14.3. The van der Waals surface area contributed by atoms with Crippen molar-refractivity contribution in [3.05, 3.63) is 35.9 Å². The van der Waals surface area contributed by atoms with Crippen LogP contribution in [0.4, 0.5) is 0 Å². The largest absolute Gasteiger partial charge is 0.310 e. The highest BCUT2D eigenvalue weighted by Gasteiger charge is 2.23. The maximum Gasteiger partial charge on any atom is 0.0470 e. The fraction of sp³-hybridized carbons (Fsp3) is 0.667. The van der Waals surface area contributed by atoms with Crippen LogP contribution in [0.1, 0.15) is 53.1 Å². The first-order valence-electron chi connectivity index (χ1n) is 7.59. The molecule has 0 radical (unpaired) electrons. The molecule has 1 atom stereocenters. The molecule has 0 aromatic heterocycles. The Balaban J connectivity index is 2.84. The van der Waals surface area contributed by atoms with Gasteiger partial charge >= 0.3 is 0 Å². The molecule has 1 unspecified atom stereocenters.